The zero-order valence-corrected chi connectivity index (χ0v) is 12.4. The van der Waals surface area contributed by atoms with Gasteiger partial charge in [-0.1, -0.05) is 11.8 Å². The molecule has 0 unspecified atom stereocenters. The second-order valence-corrected chi connectivity index (χ2v) is 5.80. The molecule has 2 N–H and O–H groups in total. The van der Waals surface area contributed by atoms with Crippen molar-refractivity contribution in [2.45, 2.75) is 30.2 Å². The minimum absolute atomic E-state index is 0.0221. The second kappa shape index (κ2) is 5.32. The molecule has 0 saturated carbocycles. The number of fused-ring (bicyclic) bond motifs is 1. The molecule has 1 aliphatic carbocycles. The van der Waals surface area contributed by atoms with Crippen LogP contribution in [0, 0.1) is 0 Å². The molecule has 6 nitrogen and oxygen atoms in total. The summed E-state index contributed by atoms with van der Waals surface area (Å²) in [4.78, 5) is 23.6. The smallest absolute Gasteiger partial charge is 0.254 e. The molecule has 0 saturated heterocycles. The quantitative estimate of drug-likeness (QED) is 0.656. The molecule has 7 heteroatoms. The summed E-state index contributed by atoms with van der Waals surface area (Å²) >= 11 is 1.53. The number of hydrogen-bond donors (Lipinski definition) is 2. The van der Waals surface area contributed by atoms with Gasteiger partial charge in [0.05, 0.1) is 17.7 Å². The van der Waals surface area contributed by atoms with Gasteiger partial charge in [-0.05, 0) is 19.3 Å². The number of nitrogens with zero attached hydrogens (tertiary/aromatic N) is 3. The van der Waals surface area contributed by atoms with Crippen LogP contribution in [0.25, 0.3) is 0 Å². The Hall–Kier alpha value is -1.76. The van der Waals surface area contributed by atoms with E-state index < -0.39 is 0 Å². The van der Waals surface area contributed by atoms with Crippen molar-refractivity contribution in [1.29, 1.82) is 0 Å². The van der Waals surface area contributed by atoms with E-state index in [1.54, 1.807) is 6.33 Å². The first kappa shape index (κ1) is 13.2. The van der Waals surface area contributed by atoms with Crippen LogP contribution in [0.1, 0.15) is 23.4 Å². The molecule has 0 atom stereocenters. The highest BCUT2D eigenvalue weighted by Crippen LogP contribution is 2.24. The first-order valence-electron chi connectivity index (χ1n) is 6.62. The summed E-state index contributed by atoms with van der Waals surface area (Å²) in [7, 11) is 3.81. The number of aromatic amines is 1. The fourth-order valence-electron chi connectivity index (χ4n) is 2.46. The highest BCUT2D eigenvalue weighted by Gasteiger charge is 2.17. The van der Waals surface area contributed by atoms with Crippen LogP contribution in [0.5, 0.6) is 0 Å². The Balaban J connectivity index is 1.81. The monoisotopic (exact) mass is 291 g/mol. The van der Waals surface area contributed by atoms with Gasteiger partial charge in [0.2, 0.25) is 0 Å². The van der Waals surface area contributed by atoms with Crippen molar-refractivity contribution < 1.29 is 0 Å². The van der Waals surface area contributed by atoms with Gasteiger partial charge in [-0.15, -0.1) is 0 Å². The summed E-state index contributed by atoms with van der Waals surface area (Å²) in [5, 5.41) is 3.76. The molecule has 0 radical (unpaired) electrons. The number of thioether (sulfide) groups is 1. The van der Waals surface area contributed by atoms with E-state index in [2.05, 4.69) is 20.3 Å². The van der Waals surface area contributed by atoms with Crippen LogP contribution in [-0.4, -0.2) is 26.6 Å². The van der Waals surface area contributed by atoms with Gasteiger partial charge in [0.15, 0.2) is 5.16 Å². The molecular formula is C13H17N5OS. The van der Waals surface area contributed by atoms with Gasteiger partial charge in [0, 0.05) is 25.4 Å². The normalized spacial score (nSPS) is 13.5. The van der Waals surface area contributed by atoms with Crippen LogP contribution in [-0.2, 0) is 25.6 Å². The van der Waals surface area contributed by atoms with E-state index in [4.69, 9.17) is 0 Å². The Morgan fingerprint density at radius 1 is 1.50 bits per heavy atom. The minimum Gasteiger partial charge on any atom is -0.372 e. The van der Waals surface area contributed by atoms with Crippen LogP contribution < -0.4 is 10.9 Å². The molecule has 2 heterocycles. The highest BCUT2D eigenvalue weighted by atomic mass is 32.2. The number of aromatic nitrogens is 4. The summed E-state index contributed by atoms with van der Waals surface area (Å²) in [6.45, 7) is 0. The highest BCUT2D eigenvalue weighted by molar-refractivity contribution is 7.98. The number of rotatable bonds is 4. The van der Waals surface area contributed by atoms with Crippen LogP contribution in [0.2, 0.25) is 0 Å². The van der Waals surface area contributed by atoms with Gasteiger partial charge in [-0.2, -0.15) is 0 Å². The molecule has 3 rings (SSSR count). The van der Waals surface area contributed by atoms with E-state index >= 15 is 0 Å². The van der Waals surface area contributed by atoms with Gasteiger partial charge in [0.1, 0.15) is 5.82 Å². The molecule has 0 bridgehead atoms. The van der Waals surface area contributed by atoms with Crippen molar-refractivity contribution in [2.24, 2.45) is 7.05 Å². The first-order valence-corrected chi connectivity index (χ1v) is 7.60. The molecule has 0 fully saturated rings. The average molecular weight is 291 g/mol. The SMILES string of the molecule is CNc1ncn(C)c1CSc1nc2c(c(=O)[nH]1)CCC2. The molecule has 20 heavy (non-hydrogen) atoms. The van der Waals surface area contributed by atoms with E-state index in [-0.39, 0.29) is 5.56 Å². The third-order valence-electron chi connectivity index (χ3n) is 3.56. The van der Waals surface area contributed by atoms with Crippen LogP contribution in [0.4, 0.5) is 5.82 Å². The lowest BCUT2D eigenvalue weighted by Crippen LogP contribution is -2.15. The fraction of sp³-hybridized carbons (Fsp3) is 0.462. The molecule has 1 aliphatic rings. The Labute approximate surface area is 121 Å². The minimum atomic E-state index is 0.0221. The predicted octanol–water partition coefficient (Wildman–Crippen LogP) is 1.33. The molecular weight excluding hydrogens is 274 g/mol. The maximum Gasteiger partial charge on any atom is 0.254 e. The maximum atomic E-state index is 11.9. The van der Waals surface area contributed by atoms with Gasteiger partial charge in [0.25, 0.3) is 5.56 Å². The summed E-state index contributed by atoms with van der Waals surface area (Å²) in [5.41, 5.74) is 2.94. The van der Waals surface area contributed by atoms with Crippen molar-refractivity contribution in [3.05, 3.63) is 33.6 Å². The lowest BCUT2D eigenvalue weighted by molar-refractivity contribution is 0.855. The number of aryl methyl sites for hydroxylation is 2. The Kier molecular flexibility index (Phi) is 3.52. The molecule has 0 aromatic carbocycles. The van der Waals surface area contributed by atoms with Crippen molar-refractivity contribution in [2.75, 3.05) is 12.4 Å². The lowest BCUT2D eigenvalue weighted by atomic mass is 10.3. The summed E-state index contributed by atoms with van der Waals surface area (Å²) in [6.07, 6.45) is 4.58. The van der Waals surface area contributed by atoms with Gasteiger partial charge >= 0.3 is 0 Å². The summed E-state index contributed by atoms with van der Waals surface area (Å²) in [6, 6.07) is 0. The fourth-order valence-corrected chi connectivity index (χ4v) is 3.41. The number of H-pyrrole nitrogens is 1. The van der Waals surface area contributed by atoms with E-state index in [9.17, 15) is 4.79 Å². The van der Waals surface area contributed by atoms with E-state index in [1.165, 1.54) is 11.8 Å². The van der Waals surface area contributed by atoms with E-state index in [0.29, 0.717) is 10.9 Å². The Morgan fingerprint density at radius 3 is 3.15 bits per heavy atom. The van der Waals surface area contributed by atoms with Crippen LogP contribution in [0.15, 0.2) is 16.3 Å². The third kappa shape index (κ3) is 2.33. The molecule has 2 aromatic heterocycles. The van der Waals surface area contributed by atoms with Crippen molar-refractivity contribution in [3.63, 3.8) is 0 Å². The maximum absolute atomic E-state index is 11.9. The van der Waals surface area contributed by atoms with Crippen molar-refractivity contribution in [1.82, 2.24) is 19.5 Å². The standard InChI is InChI=1S/C13H17N5OS/c1-14-11-10(18(2)7-15-11)6-20-13-16-9-5-3-4-8(9)12(19)17-13/h7,14H,3-6H2,1-2H3,(H,16,17,19). The lowest BCUT2D eigenvalue weighted by Gasteiger charge is -2.06. The zero-order valence-electron chi connectivity index (χ0n) is 11.6. The van der Waals surface area contributed by atoms with Gasteiger partial charge in [-0.3, -0.25) is 4.79 Å². The van der Waals surface area contributed by atoms with Gasteiger partial charge in [-0.25, -0.2) is 9.97 Å². The third-order valence-corrected chi connectivity index (χ3v) is 4.45. The second-order valence-electron chi connectivity index (χ2n) is 4.84. The summed E-state index contributed by atoms with van der Waals surface area (Å²) < 4.78 is 1.98. The number of anilines is 1. The largest absolute Gasteiger partial charge is 0.372 e. The van der Waals surface area contributed by atoms with Crippen LogP contribution >= 0.6 is 11.8 Å². The topological polar surface area (TPSA) is 75.6 Å². The summed E-state index contributed by atoms with van der Waals surface area (Å²) in [5.74, 6) is 1.58. The van der Waals surface area contributed by atoms with Crippen molar-refractivity contribution >= 4 is 17.6 Å². The zero-order chi connectivity index (χ0) is 14.1. The van der Waals surface area contributed by atoms with Gasteiger partial charge < -0.3 is 14.9 Å². The van der Waals surface area contributed by atoms with E-state index in [0.717, 1.165) is 42.0 Å². The molecule has 0 spiro atoms. The predicted molar refractivity (Wildman–Crippen MR) is 79.2 cm³/mol. The first-order chi connectivity index (χ1) is 9.69. The Morgan fingerprint density at radius 2 is 2.35 bits per heavy atom. The number of nitrogens with one attached hydrogen (secondary N) is 2. The molecule has 106 valence electrons. The number of imidazole rings is 1. The van der Waals surface area contributed by atoms with Crippen molar-refractivity contribution in [3.8, 4) is 0 Å². The Bertz CT molecular complexity index is 691. The number of hydrogen-bond acceptors (Lipinski definition) is 5. The molecule has 0 amide bonds. The molecule has 0 aliphatic heterocycles. The van der Waals surface area contributed by atoms with E-state index in [1.807, 2.05) is 18.7 Å². The van der Waals surface area contributed by atoms with Crippen LogP contribution in [0.3, 0.4) is 0 Å². The molecule has 2 aromatic rings. The average Bonchev–Trinajstić information content (AvgIpc) is 3.03.